The Hall–Kier alpha value is -7.56. The van der Waals surface area contributed by atoms with Gasteiger partial charge in [0.25, 0.3) is 0 Å². The molecule has 0 N–H and O–H groups in total. The van der Waals surface area contributed by atoms with Crippen LogP contribution in [0.5, 0.6) is 0 Å². The van der Waals surface area contributed by atoms with Gasteiger partial charge in [-0.3, -0.25) is 0 Å². The Morgan fingerprint density at radius 2 is 0.933 bits per heavy atom. The number of rotatable bonds is 8. The summed E-state index contributed by atoms with van der Waals surface area (Å²) in [5, 5.41) is 2.45. The van der Waals surface area contributed by atoms with E-state index in [2.05, 4.69) is 231 Å². The van der Waals surface area contributed by atoms with Crippen LogP contribution >= 0.6 is 0 Å². The molecule has 0 unspecified atom stereocenters. The van der Waals surface area contributed by atoms with Gasteiger partial charge in [0.05, 0.1) is 22.4 Å². The summed E-state index contributed by atoms with van der Waals surface area (Å²) < 4.78 is 2.44. The molecule has 0 saturated heterocycles. The van der Waals surface area contributed by atoms with Gasteiger partial charge in [0, 0.05) is 50.2 Å². The standard InChI is InChI=1S/C56H44N4/c1-37-17-11-13-23-46(37)52-36-51(57-56(58-52)47-24-14-12-18-38(47)2)42-29-27-41(28-30-42)49-33-40(4)55(34-39(49)3)60-53-26-16-15-25-48(53)50-35-45(31-32-54(50)60)59(43-19-7-5-8-20-43)44-21-9-6-10-22-44/h5-36H,1-4H3. The molecule has 288 valence electrons. The van der Waals surface area contributed by atoms with Crippen LogP contribution in [0, 0.1) is 27.7 Å². The van der Waals surface area contributed by atoms with Crippen molar-refractivity contribution in [2.24, 2.45) is 0 Å². The molecule has 0 fully saturated rings. The lowest BCUT2D eigenvalue weighted by atomic mass is 9.95. The van der Waals surface area contributed by atoms with Crippen molar-refractivity contribution in [3.8, 4) is 50.7 Å². The van der Waals surface area contributed by atoms with Gasteiger partial charge in [0.15, 0.2) is 5.82 Å². The lowest BCUT2D eigenvalue weighted by Gasteiger charge is -2.25. The van der Waals surface area contributed by atoms with Gasteiger partial charge in [-0.05, 0) is 128 Å². The van der Waals surface area contributed by atoms with Crippen LogP contribution in [0.3, 0.4) is 0 Å². The highest BCUT2D eigenvalue weighted by atomic mass is 15.1. The summed E-state index contributed by atoms with van der Waals surface area (Å²) in [7, 11) is 0. The molecule has 0 aliphatic rings. The second-order valence-electron chi connectivity index (χ2n) is 15.7. The fourth-order valence-corrected chi connectivity index (χ4v) is 8.67. The average Bonchev–Trinajstić information content (AvgIpc) is 3.61. The van der Waals surface area contributed by atoms with Gasteiger partial charge in [-0.1, -0.05) is 127 Å². The van der Waals surface area contributed by atoms with E-state index in [1.54, 1.807) is 0 Å². The zero-order chi connectivity index (χ0) is 40.7. The van der Waals surface area contributed by atoms with Gasteiger partial charge >= 0.3 is 0 Å². The Bertz CT molecular complexity index is 3080. The molecule has 0 aliphatic heterocycles. The Labute approximate surface area is 351 Å². The predicted molar refractivity (Wildman–Crippen MR) is 252 cm³/mol. The van der Waals surface area contributed by atoms with Crippen molar-refractivity contribution in [3.05, 3.63) is 216 Å². The van der Waals surface area contributed by atoms with Crippen molar-refractivity contribution in [2.75, 3.05) is 4.90 Å². The summed E-state index contributed by atoms with van der Waals surface area (Å²) in [5.41, 5.74) is 19.1. The molecule has 0 aliphatic carbocycles. The molecule has 60 heavy (non-hydrogen) atoms. The molecule has 0 spiro atoms. The summed E-state index contributed by atoms with van der Waals surface area (Å²) >= 11 is 0. The summed E-state index contributed by atoms with van der Waals surface area (Å²) in [6, 6.07) is 69.3. The Kier molecular flexibility index (Phi) is 9.38. The molecule has 10 aromatic rings. The number of fused-ring (bicyclic) bond motifs is 3. The molecule has 4 nitrogen and oxygen atoms in total. The van der Waals surface area contributed by atoms with Crippen LogP contribution in [0.2, 0.25) is 0 Å². The molecular weight excluding hydrogens is 729 g/mol. The summed E-state index contributed by atoms with van der Waals surface area (Å²) in [6.45, 7) is 8.71. The van der Waals surface area contributed by atoms with Crippen LogP contribution in [0.25, 0.3) is 72.5 Å². The van der Waals surface area contributed by atoms with E-state index in [0.717, 1.165) is 56.5 Å². The lowest BCUT2D eigenvalue weighted by Crippen LogP contribution is -2.09. The van der Waals surface area contributed by atoms with Gasteiger partial charge in [0.1, 0.15) is 0 Å². The van der Waals surface area contributed by atoms with Gasteiger partial charge in [0.2, 0.25) is 0 Å². The van der Waals surface area contributed by atoms with Crippen LogP contribution < -0.4 is 4.90 Å². The van der Waals surface area contributed by atoms with E-state index in [1.165, 1.54) is 55.3 Å². The molecule has 4 heteroatoms. The van der Waals surface area contributed by atoms with E-state index in [1.807, 2.05) is 0 Å². The second-order valence-corrected chi connectivity index (χ2v) is 15.7. The topological polar surface area (TPSA) is 34.0 Å². The first-order valence-electron chi connectivity index (χ1n) is 20.6. The molecule has 0 saturated carbocycles. The van der Waals surface area contributed by atoms with Crippen molar-refractivity contribution in [2.45, 2.75) is 27.7 Å². The molecule has 2 heterocycles. The predicted octanol–water partition coefficient (Wildman–Crippen LogP) is 14.9. The molecule has 8 aromatic carbocycles. The van der Waals surface area contributed by atoms with Gasteiger partial charge in [-0.25, -0.2) is 9.97 Å². The number of aryl methyl sites for hydroxylation is 4. The summed E-state index contributed by atoms with van der Waals surface area (Å²) in [4.78, 5) is 12.6. The maximum atomic E-state index is 5.14. The third-order valence-corrected chi connectivity index (χ3v) is 11.8. The maximum absolute atomic E-state index is 5.14. The molecular formula is C56H44N4. The highest BCUT2D eigenvalue weighted by Gasteiger charge is 2.19. The fraction of sp³-hybridized carbons (Fsp3) is 0.0714. The molecule has 0 amide bonds. The maximum Gasteiger partial charge on any atom is 0.160 e. The minimum absolute atomic E-state index is 0.737. The summed E-state index contributed by atoms with van der Waals surface area (Å²) in [6.07, 6.45) is 0. The number of hydrogen-bond donors (Lipinski definition) is 0. The first-order valence-corrected chi connectivity index (χ1v) is 20.6. The van der Waals surface area contributed by atoms with E-state index in [0.29, 0.717) is 0 Å². The molecule has 0 atom stereocenters. The van der Waals surface area contributed by atoms with Crippen molar-refractivity contribution in [1.82, 2.24) is 14.5 Å². The second kappa shape index (κ2) is 15.3. The number of hydrogen-bond acceptors (Lipinski definition) is 3. The monoisotopic (exact) mass is 772 g/mol. The minimum atomic E-state index is 0.737. The van der Waals surface area contributed by atoms with Crippen LogP contribution in [-0.2, 0) is 0 Å². The van der Waals surface area contributed by atoms with E-state index < -0.39 is 0 Å². The third kappa shape index (κ3) is 6.62. The number of nitrogens with zero attached hydrogens (tertiary/aromatic N) is 4. The van der Waals surface area contributed by atoms with Crippen molar-refractivity contribution in [1.29, 1.82) is 0 Å². The lowest BCUT2D eigenvalue weighted by molar-refractivity contribution is 1.14. The zero-order valence-electron chi connectivity index (χ0n) is 34.3. The molecule has 0 radical (unpaired) electrons. The Balaban J connectivity index is 1.04. The first-order chi connectivity index (χ1) is 29.4. The van der Waals surface area contributed by atoms with E-state index in [9.17, 15) is 0 Å². The summed E-state index contributed by atoms with van der Waals surface area (Å²) in [5.74, 6) is 0.737. The van der Waals surface area contributed by atoms with E-state index in [4.69, 9.17) is 9.97 Å². The van der Waals surface area contributed by atoms with Crippen LogP contribution in [0.4, 0.5) is 17.1 Å². The number of para-hydroxylation sites is 3. The van der Waals surface area contributed by atoms with Gasteiger partial charge < -0.3 is 9.47 Å². The molecule has 10 rings (SSSR count). The minimum Gasteiger partial charge on any atom is -0.310 e. The SMILES string of the molecule is Cc1cc(-n2c3ccccc3c3cc(N(c4ccccc4)c4ccccc4)ccc32)c(C)cc1-c1ccc(-c2cc(-c3ccccc3C)nc(-c3ccccc3C)n2)cc1. The van der Waals surface area contributed by atoms with Gasteiger partial charge in [-0.2, -0.15) is 0 Å². The molecule has 0 bridgehead atoms. The highest BCUT2D eigenvalue weighted by Crippen LogP contribution is 2.41. The smallest absolute Gasteiger partial charge is 0.160 e. The van der Waals surface area contributed by atoms with Crippen LogP contribution in [0.15, 0.2) is 194 Å². The zero-order valence-corrected chi connectivity index (χ0v) is 34.3. The molecule has 2 aromatic heterocycles. The third-order valence-electron chi connectivity index (χ3n) is 11.8. The van der Waals surface area contributed by atoms with E-state index >= 15 is 0 Å². The van der Waals surface area contributed by atoms with Crippen molar-refractivity contribution in [3.63, 3.8) is 0 Å². The van der Waals surface area contributed by atoms with E-state index in [-0.39, 0.29) is 0 Å². The van der Waals surface area contributed by atoms with Crippen LogP contribution in [0.1, 0.15) is 22.3 Å². The fourth-order valence-electron chi connectivity index (χ4n) is 8.67. The number of anilines is 3. The van der Waals surface area contributed by atoms with Gasteiger partial charge in [-0.15, -0.1) is 0 Å². The normalized spacial score (nSPS) is 11.3. The van der Waals surface area contributed by atoms with Crippen molar-refractivity contribution >= 4 is 38.9 Å². The highest BCUT2D eigenvalue weighted by molar-refractivity contribution is 6.11. The number of aromatic nitrogens is 3. The van der Waals surface area contributed by atoms with Crippen molar-refractivity contribution < 1.29 is 0 Å². The Morgan fingerprint density at radius 1 is 0.367 bits per heavy atom. The average molecular weight is 773 g/mol. The van der Waals surface area contributed by atoms with Crippen LogP contribution in [-0.4, -0.2) is 14.5 Å². The Morgan fingerprint density at radius 3 is 1.62 bits per heavy atom. The largest absolute Gasteiger partial charge is 0.310 e. The first kappa shape index (κ1) is 36.8. The number of benzene rings is 8. The quantitative estimate of drug-likeness (QED) is 0.154.